The van der Waals surface area contributed by atoms with Crippen LogP contribution in [0.25, 0.3) is 0 Å². The van der Waals surface area contributed by atoms with E-state index in [2.05, 4.69) is 17.5 Å². The number of hydrogen-bond donors (Lipinski definition) is 0. The van der Waals surface area contributed by atoms with E-state index < -0.39 is 40.5 Å². The summed E-state index contributed by atoms with van der Waals surface area (Å²) >= 11 is 0. The van der Waals surface area contributed by atoms with Gasteiger partial charge in [-0.05, 0) is 68.5 Å². The molecule has 0 aromatic heterocycles. The number of hydrogen-bond acceptors (Lipinski definition) is 3. The number of rotatable bonds is 5. The van der Waals surface area contributed by atoms with Crippen molar-refractivity contribution in [1.82, 2.24) is 4.90 Å². The standard InChI is InChI=1S/C28H28F6N2O/c1-19(21-14-23(27(29,30)31)16-24(15-21)28(32,33)34)37-20(2)26(22-8-4-3-5-9-22)12-11-25(17-35)10-6-7-13-36(26)18-25/h3-5,8-9,14-16,19H,2,6-7,10-13,18H2,1H3/t19-,25+,26-/m1/s1. The first kappa shape index (κ1) is 27.1. The fraction of sp³-hybridized carbons (Fsp3) is 0.464. The Morgan fingerprint density at radius 1 is 0.973 bits per heavy atom. The van der Waals surface area contributed by atoms with E-state index in [1.165, 1.54) is 6.92 Å². The molecule has 2 aromatic carbocycles. The van der Waals surface area contributed by atoms with Crippen LogP contribution >= 0.6 is 0 Å². The van der Waals surface area contributed by atoms with E-state index in [0.717, 1.165) is 24.8 Å². The highest BCUT2D eigenvalue weighted by molar-refractivity contribution is 5.37. The van der Waals surface area contributed by atoms with Crippen LogP contribution in [0.5, 0.6) is 0 Å². The van der Waals surface area contributed by atoms with E-state index in [-0.39, 0.29) is 17.4 Å². The van der Waals surface area contributed by atoms with Crippen molar-refractivity contribution in [2.45, 2.75) is 63.0 Å². The van der Waals surface area contributed by atoms with Gasteiger partial charge in [-0.2, -0.15) is 31.6 Å². The zero-order valence-electron chi connectivity index (χ0n) is 20.4. The number of nitrogens with zero attached hydrogens (tertiary/aromatic N) is 2. The van der Waals surface area contributed by atoms with Gasteiger partial charge in [-0.25, -0.2) is 0 Å². The second-order valence-corrected chi connectivity index (χ2v) is 10.0. The van der Waals surface area contributed by atoms with Gasteiger partial charge in [0.25, 0.3) is 0 Å². The summed E-state index contributed by atoms with van der Waals surface area (Å²) in [6, 6.07) is 13.4. The van der Waals surface area contributed by atoms with Gasteiger partial charge in [0.15, 0.2) is 0 Å². The SMILES string of the molecule is C=C(O[C@H](C)c1cc(C(F)(F)F)cc(C(F)(F)F)c1)[C@@]1(c2ccccc2)CC[C@]2(C#N)CCCCN1C2. The number of nitriles is 1. The molecule has 0 spiro atoms. The largest absolute Gasteiger partial charge is 0.489 e. The molecule has 2 saturated heterocycles. The summed E-state index contributed by atoms with van der Waals surface area (Å²) in [4.78, 5) is 2.16. The van der Waals surface area contributed by atoms with Crippen LogP contribution in [-0.4, -0.2) is 18.0 Å². The second kappa shape index (κ2) is 9.71. The first-order chi connectivity index (χ1) is 17.3. The fourth-order valence-corrected chi connectivity index (χ4v) is 5.65. The van der Waals surface area contributed by atoms with Gasteiger partial charge in [0, 0.05) is 6.54 Å². The molecule has 2 aliphatic heterocycles. The van der Waals surface area contributed by atoms with E-state index >= 15 is 0 Å². The normalized spacial score (nSPS) is 27.0. The van der Waals surface area contributed by atoms with Crippen LogP contribution in [0.4, 0.5) is 26.3 Å². The smallest absolute Gasteiger partial charge is 0.416 e. The summed E-state index contributed by atoms with van der Waals surface area (Å²) in [5.74, 6) is 0.241. The lowest BCUT2D eigenvalue weighted by atomic mass is 9.69. The van der Waals surface area contributed by atoms with Crippen LogP contribution in [0, 0.1) is 16.7 Å². The Morgan fingerprint density at radius 3 is 2.16 bits per heavy atom. The van der Waals surface area contributed by atoms with Crippen molar-refractivity contribution < 1.29 is 31.1 Å². The Morgan fingerprint density at radius 2 is 1.59 bits per heavy atom. The Bertz CT molecular complexity index is 1150. The molecule has 2 aliphatic rings. The molecule has 2 aromatic rings. The molecule has 2 bridgehead atoms. The van der Waals surface area contributed by atoms with Crippen molar-refractivity contribution in [1.29, 1.82) is 5.26 Å². The molecule has 4 rings (SSSR count). The zero-order valence-corrected chi connectivity index (χ0v) is 20.4. The number of alkyl halides is 6. The van der Waals surface area contributed by atoms with Crippen molar-refractivity contribution in [3.8, 4) is 6.07 Å². The maximum absolute atomic E-state index is 13.4. The first-order valence-corrected chi connectivity index (χ1v) is 12.2. The summed E-state index contributed by atoms with van der Waals surface area (Å²) in [7, 11) is 0. The van der Waals surface area contributed by atoms with Crippen LogP contribution in [-0.2, 0) is 22.6 Å². The molecule has 0 aliphatic carbocycles. The summed E-state index contributed by atoms with van der Waals surface area (Å²) in [5, 5.41) is 9.96. The average Bonchev–Trinajstić information content (AvgIpc) is 3.03. The van der Waals surface area contributed by atoms with Crippen molar-refractivity contribution in [3.63, 3.8) is 0 Å². The number of ether oxygens (including phenoxy) is 1. The average molecular weight is 523 g/mol. The number of halogens is 6. The zero-order chi connectivity index (χ0) is 27.1. The molecule has 0 radical (unpaired) electrons. The molecule has 0 amide bonds. The topological polar surface area (TPSA) is 36.3 Å². The Hall–Kier alpha value is -2.99. The van der Waals surface area contributed by atoms with Crippen LogP contribution < -0.4 is 0 Å². The number of fused-ring (bicyclic) bond motifs is 2. The summed E-state index contributed by atoms with van der Waals surface area (Å²) in [6.45, 7) is 6.74. The lowest BCUT2D eigenvalue weighted by Gasteiger charge is -2.52. The Labute approximate surface area is 212 Å². The van der Waals surface area contributed by atoms with Crippen LogP contribution in [0.15, 0.2) is 60.9 Å². The third kappa shape index (κ3) is 5.22. The molecule has 37 heavy (non-hydrogen) atoms. The van der Waals surface area contributed by atoms with Crippen molar-refractivity contribution >= 4 is 0 Å². The lowest BCUT2D eigenvalue weighted by Crippen LogP contribution is -2.55. The maximum Gasteiger partial charge on any atom is 0.416 e. The van der Waals surface area contributed by atoms with E-state index in [1.807, 2.05) is 30.3 Å². The maximum atomic E-state index is 13.4. The molecular formula is C28H28F6N2O. The van der Waals surface area contributed by atoms with Gasteiger partial charge in [-0.15, -0.1) is 0 Å². The molecule has 2 fully saturated rings. The van der Waals surface area contributed by atoms with Gasteiger partial charge in [0.1, 0.15) is 17.4 Å². The van der Waals surface area contributed by atoms with Crippen LogP contribution in [0.1, 0.15) is 67.4 Å². The number of piperidine rings is 1. The molecule has 4 atom stereocenters. The summed E-state index contributed by atoms with van der Waals surface area (Å²) in [5.41, 5.74) is -3.54. The predicted octanol–water partition coefficient (Wildman–Crippen LogP) is 8.00. The minimum Gasteiger partial charge on any atom is -0.489 e. The van der Waals surface area contributed by atoms with Gasteiger partial charge < -0.3 is 4.74 Å². The third-order valence-corrected chi connectivity index (χ3v) is 7.68. The predicted molar refractivity (Wildman–Crippen MR) is 126 cm³/mol. The van der Waals surface area contributed by atoms with Crippen molar-refractivity contribution in [3.05, 3.63) is 83.1 Å². The van der Waals surface area contributed by atoms with E-state index in [9.17, 15) is 31.6 Å². The Balaban J connectivity index is 1.73. The van der Waals surface area contributed by atoms with Crippen molar-refractivity contribution in [2.75, 3.05) is 13.1 Å². The minimum absolute atomic E-state index is 0.107. The summed E-state index contributed by atoms with van der Waals surface area (Å²) in [6.07, 6.45) is -7.45. The molecule has 9 heteroatoms. The van der Waals surface area contributed by atoms with Gasteiger partial charge in [-0.1, -0.05) is 43.3 Å². The quantitative estimate of drug-likeness (QED) is 0.295. The second-order valence-electron chi connectivity index (χ2n) is 10.0. The highest BCUT2D eigenvalue weighted by atomic mass is 19.4. The number of benzene rings is 2. The van der Waals surface area contributed by atoms with Gasteiger partial charge in [0.2, 0.25) is 0 Å². The lowest BCUT2D eigenvalue weighted by molar-refractivity contribution is -0.143. The molecule has 0 saturated carbocycles. The first-order valence-electron chi connectivity index (χ1n) is 12.2. The fourth-order valence-electron chi connectivity index (χ4n) is 5.65. The molecule has 2 heterocycles. The molecule has 1 unspecified atom stereocenters. The van der Waals surface area contributed by atoms with Gasteiger partial charge >= 0.3 is 12.4 Å². The van der Waals surface area contributed by atoms with E-state index in [0.29, 0.717) is 38.1 Å². The van der Waals surface area contributed by atoms with Crippen LogP contribution in [0.2, 0.25) is 0 Å². The third-order valence-electron chi connectivity index (χ3n) is 7.68. The Kier molecular flexibility index (Phi) is 7.10. The molecular weight excluding hydrogens is 494 g/mol. The van der Waals surface area contributed by atoms with E-state index in [1.54, 1.807) is 0 Å². The van der Waals surface area contributed by atoms with Gasteiger partial charge in [0.05, 0.1) is 22.6 Å². The van der Waals surface area contributed by atoms with E-state index in [4.69, 9.17) is 4.74 Å². The van der Waals surface area contributed by atoms with Gasteiger partial charge in [-0.3, -0.25) is 4.90 Å². The minimum atomic E-state index is -4.95. The summed E-state index contributed by atoms with van der Waals surface area (Å²) < 4.78 is 86.7. The molecule has 198 valence electrons. The molecule has 0 N–H and O–H groups in total. The molecule has 3 nitrogen and oxygen atoms in total. The van der Waals surface area contributed by atoms with Crippen molar-refractivity contribution in [2.24, 2.45) is 5.41 Å². The highest BCUT2D eigenvalue weighted by Gasteiger charge is 2.52. The van der Waals surface area contributed by atoms with Crippen LogP contribution in [0.3, 0.4) is 0 Å². The monoisotopic (exact) mass is 522 g/mol. The highest BCUT2D eigenvalue weighted by Crippen LogP contribution is 2.52.